The Balaban J connectivity index is 1.36. The van der Waals surface area contributed by atoms with E-state index < -0.39 is 10.0 Å². The largest absolute Gasteiger partial charge is 0.321 e. The number of amides is 1. The Bertz CT molecular complexity index is 1570. The molecule has 1 heterocycles. The number of carbonyl (C=O) groups is 1. The summed E-state index contributed by atoms with van der Waals surface area (Å²) in [6.07, 6.45) is 1.65. The third kappa shape index (κ3) is 6.06. The van der Waals surface area contributed by atoms with E-state index >= 15 is 0 Å². The lowest BCUT2D eigenvalue weighted by Gasteiger charge is -2.38. The van der Waals surface area contributed by atoms with Crippen LogP contribution in [0.5, 0.6) is 0 Å². The quantitative estimate of drug-likeness (QED) is 0.288. The normalized spacial score (nSPS) is 18.2. The number of hydrogen-bond donors (Lipinski definition) is 2. The van der Waals surface area contributed by atoms with E-state index in [1.54, 1.807) is 24.3 Å². The first kappa shape index (κ1) is 27.1. The van der Waals surface area contributed by atoms with Gasteiger partial charge in [-0.15, -0.1) is 0 Å². The summed E-state index contributed by atoms with van der Waals surface area (Å²) >= 11 is 0. The van der Waals surface area contributed by atoms with Gasteiger partial charge >= 0.3 is 0 Å². The van der Waals surface area contributed by atoms with Gasteiger partial charge in [0, 0.05) is 47.7 Å². The highest BCUT2D eigenvalue weighted by molar-refractivity contribution is 7.89. The number of piperidine rings is 1. The van der Waals surface area contributed by atoms with Crippen LogP contribution in [-0.2, 0) is 16.6 Å². The van der Waals surface area contributed by atoms with E-state index in [0.29, 0.717) is 22.0 Å². The third-order valence-corrected chi connectivity index (χ3v) is 9.26. The lowest BCUT2D eigenvalue weighted by molar-refractivity contribution is 0.102. The van der Waals surface area contributed by atoms with Crippen LogP contribution >= 0.6 is 0 Å². The smallest absolute Gasteiger partial charge is 0.255 e. The van der Waals surface area contributed by atoms with Gasteiger partial charge in [-0.1, -0.05) is 86.1 Å². The Kier molecular flexibility index (Phi) is 8.12. The molecule has 0 bridgehead atoms. The number of rotatable bonds is 8. The zero-order chi connectivity index (χ0) is 27.4. The number of benzene rings is 4. The molecule has 0 radical (unpaired) electrons. The van der Waals surface area contributed by atoms with Crippen LogP contribution in [0, 0.1) is 12.8 Å². The highest BCUT2D eigenvalue weighted by Crippen LogP contribution is 2.31. The zero-order valence-corrected chi connectivity index (χ0v) is 23.2. The first-order valence-electron chi connectivity index (χ1n) is 13.5. The molecule has 39 heavy (non-hydrogen) atoms. The number of anilines is 1. The van der Waals surface area contributed by atoms with Crippen molar-refractivity contribution >= 4 is 32.4 Å². The molecular formula is C32H35N3O3S. The molecule has 1 aliphatic rings. The zero-order valence-electron chi connectivity index (χ0n) is 22.4. The minimum atomic E-state index is -3.79. The Morgan fingerprint density at radius 2 is 1.59 bits per heavy atom. The lowest BCUT2D eigenvalue weighted by atomic mass is 9.90. The van der Waals surface area contributed by atoms with E-state index in [-0.39, 0.29) is 22.8 Å². The molecule has 0 saturated carbocycles. The maximum atomic E-state index is 13.7. The predicted molar refractivity (Wildman–Crippen MR) is 157 cm³/mol. The van der Waals surface area contributed by atoms with Gasteiger partial charge in [0.15, 0.2) is 0 Å². The minimum absolute atomic E-state index is 0.133. The lowest BCUT2D eigenvalue weighted by Crippen LogP contribution is -2.50. The molecule has 2 atom stereocenters. The first-order valence-corrected chi connectivity index (χ1v) is 15.0. The van der Waals surface area contributed by atoms with Gasteiger partial charge in [0.2, 0.25) is 10.0 Å². The van der Waals surface area contributed by atoms with Crippen LogP contribution in [0.4, 0.5) is 5.69 Å². The van der Waals surface area contributed by atoms with Gasteiger partial charge in [0.05, 0.1) is 4.90 Å². The van der Waals surface area contributed by atoms with Crippen molar-refractivity contribution < 1.29 is 13.2 Å². The maximum absolute atomic E-state index is 13.7. The number of fused-ring (bicyclic) bond motifs is 1. The van der Waals surface area contributed by atoms with Crippen molar-refractivity contribution in [2.45, 2.75) is 44.2 Å². The number of carbonyl (C=O) groups excluding carboxylic acids is 1. The SMILES string of the molecule is CC[C@@H]1CN(Cc2ccccc2)CC[C@@H]1NS(=O)(=O)c1ccc(NC(=O)c2ccccc2C)c2ccccc12. The molecule has 1 amide bonds. The molecule has 4 aromatic carbocycles. The van der Waals surface area contributed by atoms with E-state index in [4.69, 9.17) is 0 Å². The number of aryl methyl sites for hydroxylation is 1. The standard InChI is InChI=1S/C32H35N3O3S/c1-3-25-22-35(21-24-12-5-4-6-13-24)20-19-29(25)34-39(37,38)31-18-17-30(27-15-9-10-16-28(27)31)33-32(36)26-14-8-7-11-23(26)2/h4-18,25,29,34H,3,19-22H2,1-2H3,(H,33,36)/t25-,29+/m1/s1. The molecule has 7 heteroatoms. The summed E-state index contributed by atoms with van der Waals surface area (Å²) in [6.45, 7) is 6.58. The molecule has 0 aliphatic carbocycles. The number of sulfonamides is 1. The molecule has 6 nitrogen and oxygen atoms in total. The summed E-state index contributed by atoms with van der Waals surface area (Å²) in [7, 11) is -3.79. The van der Waals surface area contributed by atoms with Crippen molar-refractivity contribution in [3.63, 3.8) is 0 Å². The van der Waals surface area contributed by atoms with E-state index in [1.165, 1.54) is 5.56 Å². The summed E-state index contributed by atoms with van der Waals surface area (Å²) in [5, 5.41) is 4.26. The maximum Gasteiger partial charge on any atom is 0.255 e. The summed E-state index contributed by atoms with van der Waals surface area (Å²) in [6, 6.07) is 28.3. The molecular weight excluding hydrogens is 506 g/mol. The number of hydrogen-bond acceptors (Lipinski definition) is 4. The Hall–Kier alpha value is -3.52. The minimum Gasteiger partial charge on any atom is -0.321 e. The van der Waals surface area contributed by atoms with Gasteiger partial charge in [0.1, 0.15) is 0 Å². The Morgan fingerprint density at radius 1 is 0.897 bits per heavy atom. The van der Waals surface area contributed by atoms with Crippen molar-refractivity contribution in [2.24, 2.45) is 5.92 Å². The summed E-state index contributed by atoms with van der Waals surface area (Å²) in [5.74, 6) is -0.00351. The fraction of sp³-hybridized carbons (Fsp3) is 0.281. The second-order valence-electron chi connectivity index (χ2n) is 10.3. The summed E-state index contributed by atoms with van der Waals surface area (Å²) < 4.78 is 30.5. The van der Waals surface area contributed by atoms with Crippen molar-refractivity contribution in [1.82, 2.24) is 9.62 Å². The van der Waals surface area contributed by atoms with Crippen LogP contribution < -0.4 is 10.0 Å². The van der Waals surface area contributed by atoms with Crippen molar-refractivity contribution in [3.05, 3.63) is 108 Å². The monoisotopic (exact) mass is 541 g/mol. The molecule has 1 saturated heterocycles. The molecule has 5 rings (SSSR count). The molecule has 0 aromatic heterocycles. The molecule has 1 aliphatic heterocycles. The Labute approximate surface area is 231 Å². The molecule has 1 fully saturated rings. The topological polar surface area (TPSA) is 78.5 Å². The molecule has 2 N–H and O–H groups in total. The van der Waals surface area contributed by atoms with Gasteiger partial charge < -0.3 is 5.32 Å². The highest BCUT2D eigenvalue weighted by Gasteiger charge is 2.32. The average molecular weight is 542 g/mol. The van der Waals surface area contributed by atoms with E-state index in [0.717, 1.165) is 38.0 Å². The third-order valence-electron chi connectivity index (χ3n) is 7.71. The fourth-order valence-electron chi connectivity index (χ4n) is 5.56. The molecule has 0 spiro atoms. The van der Waals surface area contributed by atoms with Crippen molar-refractivity contribution in [2.75, 3.05) is 18.4 Å². The van der Waals surface area contributed by atoms with E-state index in [9.17, 15) is 13.2 Å². The Morgan fingerprint density at radius 3 is 2.33 bits per heavy atom. The first-order chi connectivity index (χ1) is 18.9. The van der Waals surface area contributed by atoms with Gasteiger partial charge in [-0.25, -0.2) is 13.1 Å². The van der Waals surface area contributed by atoms with Crippen LogP contribution in [0.15, 0.2) is 95.9 Å². The van der Waals surface area contributed by atoms with Crippen LogP contribution in [-0.4, -0.2) is 38.4 Å². The van der Waals surface area contributed by atoms with Crippen LogP contribution in [0.3, 0.4) is 0 Å². The predicted octanol–water partition coefficient (Wildman–Crippen LogP) is 5.98. The second-order valence-corrected chi connectivity index (χ2v) is 12.0. The highest BCUT2D eigenvalue weighted by atomic mass is 32.2. The van der Waals surface area contributed by atoms with Crippen LogP contribution in [0.2, 0.25) is 0 Å². The molecule has 4 aromatic rings. The van der Waals surface area contributed by atoms with E-state index in [1.807, 2.05) is 49.4 Å². The molecule has 0 unspecified atom stereocenters. The second kappa shape index (κ2) is 11.7. The van der Waals surface area contributed by atoms with Crippen molar-refractivity contribution in [1.29, 1.82) is 0 Å². The van der Waals surface area contributed by atoms with Gasteiger partial charge in [-0.2, -0.15) is 0 Å². The van der Waals surface area contributed by atoms with E-state index in [2.05, 4.69) is 46.1 Å². The van der Waals surface area contributed by atoms with Gasteiger partial charge in [0.25, 0.3) is 5.91 Å². The van der Waals surface area contributed by atoms with Crippen molar-refractivity contribution in [3.8, 4) is 0 Å². The fourth-order valence-corrected chi connectivity index (χ4v) is 7.11. The number of nitrogens with one attached hydrogen (secondary N) is 2. The summed E-state index contributed by atoms with van der Waals surface area (Å²) in [4.78, 5) is 15.6. The van der Waals surface area contributed by atoms with Crippen LogP contribution in [0.25, 0.3) is 10.8 Å². The average Bonchev–Trinajstić information content (AvgIpc) is 2.94. The van der Waals surface area contributed by atoms with Gasteiger partial charge in [-0.3, -0.25) is 9.69 Å². The van der Waals surface area contributed by atoms with Gasteiger partial charge in [-0.05, 0) is 48.6 Å². The molecule has 202 valence electrons. The number of likely N-dealkylation sites (tertiary alicyclic amines) is 1. The number of nitrogens with zero attached hydrogens (tertiary/aromatic N) is 1. The van der Waals surface area contributed by atoms with Crippen LogP contribution in [0.1, 0.15) is 41.3 Å². The summed E-state index contributed by atoms with van der Waals surface area (Å²) in [5.41, 5.74) is 3.32.